The summed E-state index contributed by atoms with van der Waals surface area (Å²) >= 11 is 0. The normalized spacial score (nSPS) is 13.8. The lowest BCUT2D eigenvalue weighted by molar-refractivity contribution is -0.124. The van der Waals surface area contributed by atoms with Gasteiger partial charge in [-0.15, -0.1) is 0 Å². The maximum Gasteiger partial charge on any atom is 0.245 e. The Morgan fingerprint density at radius 1 is 1.32 bits per heavy atom. The zero-order valence-corrected chi connectivity index (χ0v) is 10.7. The zero-order valence-electron chi connectivity index (χ0n) is 10.7. The number of aromatic nitrogens is 3. The van der Waals surface area contributed by atoms with Gasteiger partial charge in [0, 0.05) is 0 Å². The summed E-state index contributed by atoms with van der Waals surface area (Å²) in [6.07, 6.45) is 2.87. The molecule has 0 saturated carbocycles. The van der Waals surface area contributed by atoms with Crippen LogP contribution in [0.15, 0.2) is 36.9 Å². The van der Waals surface area contributed by atoms with E-state index in [0.29, 0.717) is 0 Å². The highest BCUT2D eigenvalue weighted by molar-refractivity contribution is 5.80. The standard InChI is InChI=1S/C13H15FN4O/c1-9(11-3-5-12(14)6-4-11)17-13(19)10(2)18-8-15-7-16-18/h3-10H,1-2H3,(H,17,19)/t9-,10+/m0/s1. The minimum Gasteiger partial charge on any atom is -0.348 e. The molecule has 2 atom stereocenters. The quantitative estimate of drug-likeness (QED) is 0.914. The van der Waals surface area contributed by atoms with E-state index >= 15 is 0 Å². The Labute approximate surface area is 110 Å². The van der Waals surface area contributed by atoms with Gasteiger partial charge in [-0.05, 0) is 31.5 Å². The highest BCUT2D eigenvalue weighted by Gasteiger charge is 2.18. The van der Waals surface area contributed by atoms with E-state index in [-0.39, 0.29) is 17.8 Å². The largest absolute Gasteiger partial charge is 0.348 e. The third-order valence-corrected chi connectivity index (χ3v) is 2.94. The molecule has 1 N–H and O–H groups in total. The molecule has 0 fully saturated rings. The number of nitrogens with one attached hydrogen (secondary N) is 1. The smallest absolute Gasteiger partial charge is 0.245 e. The first-order valence-electron chi connectivity index (χ1n) is 5.98. The Morgan fingerprint density at radius 2 is 2.00 bits per heavy atom. The number of carbonyl (C=O) groups is 1. The number of amides is 1. The van der Waals surface area contributed by atoms with Crippen molar-refractivity contribution < 1.29 is 9.18 Å². The first-order chi connectivity index (χ1) is 9.08. The Balaban J connectivity index is 2.00. The monoisotopic (exact) mass is 262 g/mol. The summed E-state index contributed by atoms with van der Waals surface area (Å²) in [4.78, 5) is 15.8. The lowest BCUT2D eigenvalue weighted by Crippen LogP contribution is -2.33. The van der Waals surface area contributed by atoms with Gasteiger partial charge in [0.05, 0.1) is 6.04 Å². The van der Waals surface area contributed by atoms with Crippen LogP contribution in [-0.2, 0) is 4.79 Å². The van der Waals surface area contributed by atoms with Gasteiger partial charge in [0.1, 0.15) is 24.5 Å². The molecule has 0 spiro atoms. The molecule has 100 valence electrons. The van der Waals surface area contributed by atoms with Crippen LogP contribution in [0.4, 0.5) is 4.39 Å². The van der Waals surface area contributed by atoms with Crippen molar-refractivity contribution in [3.63, 3.8) is 0 Å². The highest BCUT2D eigenvalue weighted by atomic mass is 19.1. The molecule has 1 amide bonds. The zero-order chi connectivity index (χ0) is 13.8. The van der Waals surface area contributed by atoms with Crippen LogP contribution in [0.1, 0.15) is 31.5 Å². The fraction of sp³-hybridized carbons (Fsp3) is 0.308. The molecule has 0 aliphatic heterocycles. The fourth-order valence-corrected chi connectivity index (χ4v) is 1.71. The van der Waals surface area contributed by atoms with Crippen molar-refractivity contribution in [3.05, 3.63) is 48.3 Å². The summed E-state index contributed by atoms with van der Waals surface area (Å²) in [6.45, 7) is 3.58. The van der Waals surface area contributed by atoms with Crippen molar-refractivity contribution in [1.82, 2.24) is 20.1 Å². The minimum absolute atomic E-state index is 0.165. The number of hydrogen-bond donors (Lipinski definition) is 1. The topological polar surface area (TPSA) is 59.8 Å². The summed E-state index contributed by atoms with van der Waals surface area (Å²) in [5.41, 5.74) is 0.848. The highest BCUT2D eigenvalue weighted by Crippen LogP contribution is 2.14. The second-order valence-electron chi connectivity index (χ2n) is 4.33. The van der Waals surface area contributed by atoms with Crippen molar-refractivity contribution in [2.24, 2.45) is 0 Å². The Morgan fingerprint density at radius 3 is 2.58 bits per heavy atom. The molecule has 1 heterocycles. The Kier molecular flexibility index (Phi) is 3.89. The number of carbonyl (C=O) groups excluding carboxylic acids is 1. The van der Waals surface area contributed by atoms with Gasteiger partial charge in [0.2, 0.25) is 5.91 Å². The first-order valence-corrected chi connectivity index (χ1v) is 5.98. The van der Waals surface area contributed by atoms with E-state index in [1.165, 1.54) is 29.5 Å². The number of nitrogens with zero attached hydrogens (tertiary/aromatic N) is 3. The van der Waals surface area contributed by atoms with Crippen molar-refractivity contribution in [3.8, 4) is 0 Å². The average Bonchev–Trinajstić information content (AvgIpc) is 2.92. The molecule has 6 heteroatoms. The molecule has 2 aromatic rings. The summed E-state index contributed by atoms with van der Waals surface area (Å²) in [5.74, 6) is -0.458. The van der Waals surface area contributed by atoms with E-state index in [9.17, 15) is 9.18 Å². The summed E-state index contributed by atoms with van der Waals surface area (Å²) < 4.78 is 14.3. The molecule has 0 bridgehead atoms. The van der Waals surface area contributed by atoms with E-state index in [1.807, 2.05) is 6.92 Å². The Bertz CT molecular complexity index is 538. The second kappa shape index (κ2) is 5.60. The maximum atomic E-state index is 12.8. The molecule has 0 aliphatic rings. The first kappa shape index (κ1) is 13.2. The second-order valence-corrected chi connectivity index (χ2v) is 4.33. The molecule has 0 unspecified atom stereocenters. The maximum absolute atomic E-state index is 12.8. The molecule has 2 rings (SSSR count). The molecule has 19 heavy (non-hydrogen) atoms. The van der Waals surface area contributed by atoms with Gasteiger partial charge in [-0.3, -0.25) is 4.79 Å². The van der Waals surface area contributed by atoms with E-state index in [1.54, 1.807) is 19.1 Å². The molecular formula is C13H15FN4O. The van der Waals surface area contributed by atoms with Gasteiger partial charge in [-0.2, -0.15) is 5.10 Å². The molecule has 5 nitrogen and oxygen atoms in total. The third-order valence-electron chi connectivity index (χ3n) is 2.94. The van der Waals surface area contributed by atoms with Crippen LogP contribution < -0.4 is 5.32 Å². The van der Waals surface area contributed by atoms with Crippen LogP contribution in [0.3, 0.4) is 0 Å². The average molecular weight is 262 g/mol. The fourth-order valence-electron chi connectivity index (χ4n) is 1.71. The van der Waals surface area contributed by atoms with Crippen molar-refractivity contribution in [2.45, 2.75) is 25.9 Å². The minimum atomic E-state index is -0.439. The van der Waals surface area contributed by atoms with Gasteiger partial charge in [0.15, 0.2) is 0 Å². The van der Waals surface area contributed by atoms with Crippen LogP contribution in [0.5, 0.6) is 0 Å². The van der Waals surface area contributed by atoms with Crippen molar-refractivity contribution in [1.29, 1.82) is 0 Å². The number of rotatable bonds is 4. The SMILES string of the molecule is C[C@H](NC(=O)[C@@H](C)n1cncn1)c1ccc(F)cc1. The summed E-state index contributed by atoms with van der Waals surface area (Å²) in [5, 5.41) is 6.78. The molecular weight excluding hydrogens is 247 g/mol. The number of halogens is 1. The van der Waals surface area contributed by atoms with Crippen molar-refractivity contribution >= 4 is 5.91 Å². The predicted octanol–water partition coefficient (Wildman–Crippen LogP) is 1.86. The van der Waals surface area contributed by atoms with Crippen LogP contribution >= 0.6 is 0 Å². The van der Waals surface area contributed by atoms with Gasteiger partial charge in [-0.1, -0.05) is 12.1 Å². The van der Waals surface area contributed by atoms with Gasteiger partial charge in [0.25, 0.3) is 0 Å². The number of hydrogen-bond acceptors (Lipinski definition) is 3. The van der Waals surface area contributed by atoms with Crippen molar-refractivity contribution in [2.75, 3.05) is 0 Å². The van der Waals surface area contributed by atoms with Crippen LogP contribution in [0.25, 0.3) is 0 Å². The lowest BCUT2D eigenvalue weighted by Gasteiger charge is -2.17. The van der Waals surface area contributed by atoms with E-state index in [0.717, 1.165) is 5.56 Å². The van der Waals surface area contributed by atoms with Crippen LogP contribution in [0, 0.1) is 5.82 Å². The van der Waals surface area contributed by atoms with Crippen LogP contribution in [-0.4, -0.2) is 20.7 Å². The molecule has 1 aromatic heterocycles. The Hall–Kier alpha value is -2.24. The predicted molar refractivity (Wildman–Crippen MR) is 67.7 cm³/mol. The molecule has 1 aromatic carbocycles. The summed E-state index contributed by atoms with van der Waals surface area (Å²) in [6, 6.07) is 5.42. The van der Waals surface area contributed by atoms with Gasteiger partial charge >= 0.3 is 0 Å². The lowest BCUT2D eigenvalue weighted by atomic mass is 10.1. The van der Waals surface area contributed by atoms with Crippen LogP contribution in [0.2, 0.25) is 0 Å². The van der Waals surface area contributed by atoms with Gasteiger partial charge in [-0.25, -0.2) is 14.1 Å². The van der Waals surface area contributed by atoms with Gasteiger partial charge < -0.3 is 5.32 Å². The summed E-state index contributed by atoms with van der Waals surface area (Å²) in [7, 11) is 0. The molecule has 0 radical (unpaired) electrons. The molecule has 0 saturated heterocycles. The van der Waals surface area contributed by atoms with E-state index in [4.69, 9.17) is 0 Å². The molecule has 0 aliphatic carbocycles. The third kappa shape index (κ3) is 3.15. The van der Waals surface area contributed by atoms with E-state index < -0.39 is 6.04 Å². The van der Waals surface area contributed by atoms with E-state index in [2.05, 4.69) is 15.4 Å². The number of benzene rings is 1.